The second-order valence-electron chi connectivity index (χ2n) is 4.22. The Morgan fingerprint density at radius 2 is 2.05 bits per heavy atom. The highest BCUT2D eigenvalue weighted by atomic mass is 32.1. The molecule has 2 aromatic rings. The van der Waals surface area contributed by atoms with Crippen molar-refractivity contribution in [2.75, 3.05) is 0 Å². The number of thiocarbonyl (C=S) groups is 1. The van der Waals surface area contributed by atoms with Gasteiger partial charge in [-0.25, -0.2) is 4.39 Å². The molecule has 0 heterocycles. The number of benzene rings is 2. The Kier molecular flexibility index (Phi) is 5.22. The van der Waals surface area contributed by atoms with E-state index >= 15 is 0 Å². The molecule has 0 saturated carbocycles. The number of nitrogens with one attached hydrogen (secondary N) is 1. The topological polar surface area (TPSA) is 59.6 Å². The van der Waals surface area contributed by atoms with Gasteiger partial charge in [-0.3, -0.25) is 5.43 Å². The van der Waals surface area contributed by atoms with Gasteiger partial charge in [0.2, 0.25) is 0 Å². The van der Waals surface area contributed by atoms with Crippen LogP contribution in [0.2, 0.25) is 0 Å². The van der Waals surface area contributed by atoms with E-state index in [1.54, 1.807) is 18.3 Å². The van der Waals surface area contributed by atoms with Crippen molar-refractivity contribution in [3.63, 3.8) is 0 Å². The molecule has 0 bridgehead atoms. The van der Waals surface area contributed by atoms with Crippen LogP contribution in [-0.4, -0.2) is 11.3 Å². The van der Waals surface area contributed by atoms with Crippen molar-refractivity contribution < 1.29 is 9.13 Å². The van der Waals surface area contributed by atoms with Crippen LogP contribution in [0.5, 0.6) is 5.75 Å². The fourth-order valence-electron chi connectivity index (χ4n) is 1.63. The Bertz CT molecular complexity index is 644. The number of nitrogens with two attached hydrogens (primary N) is 1. The summed E-state index contributed by atoms with van der Waals surface area (Å²) in [5, 5.41) is 4.00. The number of ether oxygens (including phenoxy) is 1. The molecule has 0 aliphatic heterocycles. The first-order chi connectivity index (χ1) is 10.1. The Morgan fingerprint density at radius 1 is 1.29 bits per heavy atom. The highest BCUT2D eigenvalue weighted by molar-refractivity contribution is 7.80. The quantitative estimate of drug-likeness (QED) is 0.506. The SMILES string of the molecule is NC(=S)NN=Cc1cccc(COc2ccc(F)cc2)c1. The van der Waals surface area contributed by atoms with Crippen LogP contribution in [0.15, 0.2) is 53.6 Å². The van der Waals surface area contributed by atoms with Crippen molar-refractivity contribution in [1.29, 1.82) is 0 Å². The monoisotopic (exact) mass is 303 g/mol. The molecule has 0 amide bonds. The lowest BCUT2D eigenvalue weighted by atomic mass is 10.1. The summed E-state index contributed by atoms with van der Waals surface area (Å²) in [6.07, 6.45) is 1.61. The van der Waals surface area contributed by atoms with Gasteiger partial charge in [0, 0.05) is 0 Å². The lowest BCUT2D eigenvalue weighted by Gasteiger charge is -2.06. The van der Waals surface area contributed by atoms with E-state index < -0.39 is 0 Å². The first-order valence-corrected chi connectivity index (χ1v) is 6.60. The van der Waals surface area contributed by atoms with E-state index in [0.29, 0.717) is 12.4 Å². The number of rotatable bonds is 5. The predicted octanol–water partition coefficient (Wildman–Crippen LogP) is 2.57. The van der Waals surface area contributed by atoms with Gasteiger partial charge in [-0.2, -0.15) is 5.10 Å². The molecular formula is C15H14FN3OS. The molecule has 108 valence electrons. The fraction of sp³-hybridized carbons (Fsp3) is 0.0667. The van der Waals surface area contributed by atoms with Gasteiger partial charge in [0.1, 0.15) is 18.2 Å². The maximum absolute atomic E-state index is 12.8. The molecular weight excluding hydrogens is 289 g/mol. The van der Waals surface area contributed by atoms with Gasteiger partial charge in [-0.15, -0.1) is 0 Å². The Hall–Kier alpha value is -2.47. The third-order valence-electron chi connectivity index (χ3n) is 2.56. The molecule has 4 nitrogen and oxygen atoms in total. The standard InChI is InChI=1S/C15H14FN3OS/c16-13-4-6-14(7-5-13)20-10-12-3-1-2-11(8-12)9-18-19-15(17)21/h1-9H,10H2,(H3,17,19,21). The second kappa shape index (κ2) is 7.35. The zero-order valence-corrected chi connectivity index (χ0v) is 11.9. The molecule has 0 aliphatic carbocycles. The number of hydrazone groups is 1. The van der Waals surface area contributed by atoms with Crippen molar-refractivity contribution in [1.82, 2.24) is 5.43 Å². The van der Waals surface area contributed by atoms with Crippen LogP contribution < -0.4 is 15.9 Å². The smallest absolute Gasteiger partial charge is 0.184 e. The average molecular weight is 303 g/mol. The van der Waals surface area contributed by atoms with Crippen LogP contribution in [0.25, 0.3) is 0 Å². The molecule has 0 saturated heterocycles. The van der Waals surface area contributed by atoms with Crippen LogP contribution in [-0.2, 0) is 6.61 Å². The first kappa shape index (κ1) is 14.9. The summed E-state index contributed by atoms with van der Waals surface area (Å²) < 4.78 is 18.4. The molecule has 2 aromatic carbocycles. The third kappa shape index (κ3) is 5.19. The van der Waals surface area contributed by atoms with E-state index in [1.165, 1.54) is 12.1 Å². The maximum atomic E-state index is 12.8. The molecule has 21 heavy (non-hydrogen) atoms. The highest BCUT2D eigenvalue weighted by Gasteiger charge is 1.98. The Morgan fingerprint density at radius 3 is 2.76 bits per heavy atom. The van der Waals surface area contributed by atoms with E-state index in [1.807, 2.05) is 24.3 Å². The normalized spacial score (nSPS) is 10.5. The van der Waals surface area contributed by atoms with Crippen molar-refractivity contribution in [2.45, 2.75) is 6.61 Å². The Balaban J connectivity index is 1.96. The third-order valence-corrected chi connectivity index (χ3v) is 2.65. The van der Waals surface area contributed by atoms with Crippen molar-refractivity contribution in [3.05, 3.63) is 65.5 Å². The molecule has 6 heteroatoms. The van der Waals surface area contributed by atoms with E-state index in [-0.39, 0.29) is 10.9 Å². The largest absolute Gasteiger partial charge is 0.489 e. The minimum absolute atomic E-state index is 0.113. The molecule has 0 aliphatic rings. The summed E-state index contributed by atoms with van der Waals surface area (Å²) in [6, 6.07) is 13.5. The summed E-state index contributed by atoms with van der Waals surface area (Å²) in [4.78, 5) is 0. The number of hydrogen-bond acceptors (Lipinski definition) is 3. The van der Waals surface area contributed by atoms with E-state index in [0.717, 1.165) is 11.1 Å². The highest BCUT2D eigenvalue weighted by Crippen LogP contribution is 2.13. The van der Waals surface area contributed by atoms with Gasteiger partial charge in [-0.05, 0) is 53.7 Å². The van der Waals surface area contributed by atoms with E-state index in [4.69, 9.17) is 10.5 Å². The molecule has 0 atom stereocenters. The van der Waals surface area contributed by atoms with Crippen molar-refractivity contribution in [2.24, 2.45) is 10.8 Å². The lowest BCUT2D eigenvalue weighted by molar-refractivity contribution is 0.305. The van der Waals surface area contributed by atoms with E-state index in [2.05, 4.69) is 22.7 Å². The predicted molar refractivity (Wildman–Crippen MR) is 84.7 cm³/mol. The van der Waals surface area contributed by atoms with Crippen LogP contribution in [0.3, 0.4) is 0 Å². The second-order valence-corrected chi connectivity index (χ2v) is 4.66. The molecule has 0 unspecified atom stereocenters. The molecule has 0 radical (unpaired) electrons. The maximum Gasteiger partial charge on any atom is 0.184 e. The molecule has 0 fully saturated rings. The Labute approximate surface area is 127 Å². The van der Waals surface area contributed by atoms with Crippen molar-refractivity contribution >= 4 is 23.5 Å². The molecule has 0 spiro atoms. The summed E-state index contributed by atoms with van der Waals surface area (Å²) in [6.45, 7) is 0.385. The lowest BCUT2D eigenvalue weighted by Crippen LogP contribution is -2.23. The van der Waals surface area contributed by atoms with Gasteiger partial charge >= 0.3 is 0 Å². The number of hydrogen-bond donors (Lipinski definition) is 2. The number of halogens is 1. The molecule has 3 N–H and O–H groups in total. The summed E-state index contributed by atoms with van der Waals surface area (Å²) in [5.74, 6) is 0.330. The molecule has 0 aromatic heterocycles. The van der Waals surface area contributed by atoms with Gasteiger partial charge in [-0.1, -0.05) is 18.2 Å². The van der Waals surface area contributed by atoms with Gasteiger partial charge < -0.3 is 10.5 Å². The molecule has 2 rings (SSSR count). The minimum Gasteiger partial charge on any atom is -0.489 e. The van der Waals surface area contributed by atoms with Crippen LogP contribution in [0.1, 0.15) is 11.1 Å². The average Bonchev–Trinajstić information content (AvgIpc) is 2.47. The first-order valence-electron chi connectivity index (χ1n) is 6.19. The zero-order chi connectivity index (χ0) is 15.1. The van der Waals surface area contributed by atoms with E-state index in [9.17, 15) is 4.39 Å². The number of nitrogens with zero attached hydrogens (tertiary/aromatic N) is 1. The van der Waals surface area contributed by atoms with Gasteiger partial charge in [0.15, 0.2) is 5.11 Å². The minimum atomic E-state index is -0.286. The van der Waals surface area contributed by atoms with Crippen LogP contribution >= 0.6 is 12.2 Å². The summed E-state index contributed by atoms with van der Waals surface area (Å²) >= 11 is 4.65. The fourth-order valence-corrected chi connectivity index (χ4v) is 1.68. The summed E-state index contributed by atoms with van der Waals surface area (Å²) in [5.41, 5.74) is 9.62. The van der Waals surface area contributed by atoms with Crippen molar-refractivity contribution in [3.8, 4) is 5.75 Å². The van der Waals surface area contributed by atoms with Gasteiger partial charge in [0.05, 0.1) is 6.21 Å². The summed E-state index contributed by atoms with van der Waals surface area (Å²) in [7, 11) is 0. The zero-order valence-electron chi connectivity index (χ0n) is 11.1. The van der Waals surface area contributed by atoms with Crippen LogP contribution in [0, 0.1) is 5.82 Å². The van der Waals surface area contributed by atoms with Gasteiger partial charge in [0.25, 0.3) is 0 Å². The van der Waals surface area contributed by atoms with Crippen LogP contribution in [0.4, 0.5) is 4.39 Å².